The Hall–Kier alpha value is -2.80. The maximum absolute atomic E-state index is 12.9. The molecule has 2 saturated heterocycles. The van der Waals surface area contributed by atoms with E-state index < -0.39 is 6.04 Å². The molecule has 0 aromatic heterocycles. The molecule has 0 aliphatic carbocycles. The largest absolute Gasteiger partial charge is 0.338 e. The van der Waals surface area contributed by atoms with Gasteiger partial charge in [-0.3, -0.25) is 14.4 Å². The number of benzene rings is 2. The molecule has 2 heterocycles. The molecule has 7 heteroatoms. The van der Waals surface area contributed by atoms with Gasteiger partial charge < -0.3 is 15.1 Å². The number of nitrogens with one attached hydrogen (secondary N) is 1. The van der Waals surface area contributed by atoms with Crippen molar-refractivity contribution in [2.45, 2.75) is 25.4 Å². The van der Waals surface area contributed by atoms with Gasteiger partial charge in [0.15, 0.2) is 0 Å². The smallest absolute Gasteiger partial charge is 0.255 e. The second-order valence-corrected chi connectivity index (χ2v) is 8.26. The Morgan fingerprint density at radius 2 is 1.93 bits per heavy atom. The highest BCUT2D eigenvalue weighted by atomic mass is 32.2. The summed E-state index contributed by atoms with van der Waals surface area (Å²) in [6.07, 6.45) is 1.51. The molecule has 2 aromatic carbocycles. The van der Waals surface area contributed by atoms with Crippen molar-refractivity contribution in [3.63, 3.8) is 0 Å². The highest BCUT2D eigenvalue weighted by molar-refractivity contribution is 7.99. The molecule has 1 atom stereocenters. The van der Waals surface area contributed by atoms with Crippen molar-refractivity contribution in [2.24, 2.45) is 0 Å². The molecule has 0 radical (unpaired) electrons. The lowest BCUT2D eigenvalue weighted by molar-refractivity contribution is -0.128. The molecule has 0 bridgehead atoms. The predicted octanol–water partition coefficient (Wildman–Crippen LogP) is 2.96. The van der Waals surface area contributed by atoms with Crippen molar-refractivity contribution >= 4 is 35.2 Å². The van der Waals surface area contributed by atoms with E-state index in [1.807, 2.05) is 47.4 Å². The van der Waals surface area contributed by atoms with Crippen LogP contribution in [-0.4, -0.2) is 51.7 Å². The van der Waals surface area contributed by atoms with Crippen LogP contribution in [0.15, 0.2) is 54.6 Å². The van der Waals surface area contributed by atoms with Crippen molar-refractivity contribution in [3.8, 4) is 0 Å². The highest BCUT2D eigenvalue weighted by Crippen LogP contribution is 2.25. The fourth-order valence-electron chi connectivity index (χ4n) is 3.67. The molecule has 2 aliphatic rings. The van der Waals surface area contributed by atoms with Crippen molar-refractivity contribution in [3.05, 3.63) is 65.7 Å². The molecule has 3 amide bonds. The number of hydrogen-bond donors (Lipinski definition) is 1. The van der Waals surface area contributed by atoms with Crippen LogP contribution in [0.2, 0.25) is 0 Å². The van der Waals surface area contributed by atoms with Crippen LogP contribution in [0.5, 0.6) is 0 Å². The fourth-order valence-corrected chi connectivity index (χ4v) is 4.83. The van der Waals surface area contributed by atoms with Crippen LogP contribution in [0.25, 0.3) is 0 Å². The van der Waals surface area contributed by atoms with Gasteiger partial charge in [-0.25, -0.2) is 0 Å². The minimum absolute atomic E-state index is 0.128. The molecule has 6 nitrogen and oxygen atoms in total. The molecule has 2 aromatic rings. The molecule has 29 heavy (non-hydrogen) atoms. The van der Waals surface area contributed by atoms with E-state index in [0.29, 0.717) is 35.8 Å². The second kappa shape index (κ2) is 8.69. The quantitative estimate of drug-likeness (QED) is 0.824. The Bertz CT molecular complexity index is 919. The minimum atomic E-state index is -0.503. The lowest BCUT2D eigenvalue weighted by atomic mass is 10.1. The predicted molar refractivity (Wildman–Crippen MR) is 113 cm³/mol. The average molecular weight is 410 g/mol. The van der Waals surface area contributed by atoms with Gasteiger partial charge in [-0.05, 0) is 36.2 Å². The van der Waals surface area contributed by atoms with Crippen molar-refractivity contribution < 1.29 is 14.4 Å². The summed E-state index contributed by atoms with van der Waals surface area (Å²) in [6, 6.07) is 16.1. The molecule has 150 valence electrons. The van der Waals surface area contributed by atoms with Crippen LogP contribution in [-0.2, 0) is 16.1 Å². The van der Waals surface area contributed by atoms with Crippen LogP contribution >= 0.6 is 11.8 Å². The SMILES string of the molecule is O=C(Nc1cccc(CN2CCCC2=O)c1)C1CSCN1C(=O)c1ccccc1. The van der Waals surface area contributed by atoms with E-state index in [-0.39, 0.29) is 17.7 Å². The molecule has 0 saturated carbocycles. The van der Waals surface area contributed by atoms with Crippen molar-refractivity contribution in [2.75, 3.05) is 23.5 Å². The lowest BCUT2D eigenvalue weighted by Gasteiger charge is -2.23. The fraction of sp³-hybridized carbons (Fsp3) is 0.318. The zero-order chi connectivity index (χ0) is 20.2. The zero-order valence-corrected chi connectivity index (χ0v) is 16.9. The molecule has 0 spiro atoms. The molecular formula is C22H23N3O3S. The second-order valence-electron chi connectivity index (χ2n) is 7.27. The van der Waals surface area contributed by atoms with Crippen LogP contribution in [0, 0.1) is 0 Å². The van der Waals surface area contributed by atoms with Crippen LogP contribution in [0.3, 0.4) is 0 Å². The van der Waals surface area contributed by atoms with E-state index in [1.54, 1.807) is 28.8 Å². The molecular weight excluding hydrogens is 386 g/mol. The number of thioether (sulfide) groups is 1. The summed E-state index contributed by atoms with van der Waals surface area (Å²) in [4.78, 5) is 41.0. The van der Waals surface area contributed by atoms with Gasteiger partial charge in [-0.1, -0.05) is 30.3 Å². The number of amides is 3. The maximum atomic E-state index is 12.9. The summed E-state index contributed by atoms with van der Waals surface area (Å²) in [7, 11) is 0. The molecule has 1 unspecified atom stereocenters. The summed E-state index contributed by atoms with van der Waals surface area (Å²) in [5.74, 6) is 0.943. The van der Waals surface area contributed by atoms with E-state index in [9.17, 15) is 14.4 Å². The lowest BCUT2D eigenvalue weighted by Crippen LogP contribution is -2.44. The first kappa shape index (κ1) is 19.5. The summed E-state index contributed by atoms with van der Waals surface area (Å²) in [5, 5.41) is 2.95. The third-order valence-corrected chi connectivity index (χ3v) is 6.22. The van der Waals surface area contributed by atoms with E-state index >= 15 is 0 Å². The topological polar surface area (TPSA) is 69.7 Å². The molecule has 1 N–H and O–H groups in total. The van der Waals surface area contributed by atoms with Gasteiger partial charge in [0.1, 0.15) is 6.04 Å². The number of carbonyl (C=O) groups excluding carboxylic acids is 3. The minimum Gasteiger partial charge on any atom is -0.338 e. The van der Waals surface area contributed by atoms with Gasteiger partial charge in [0, 0.05) is 36.5 Å². The Kier molecular flexibility index (Phi) is 5.85. The Balaban J connectivity index is 1.42. The van der Waals surface area contributed by atoms with E-state index in [0.717, 1.165) is 18.5 Å². The third-order valence-electron chi connectivity index (χ3n) is 5.21. The first-order valence-corrected chi connectivity index (χ1v) is 10.9. The normalized spacial score (nSPS) is 18.9. The van der Waals surface area contributed by atoms with Gasteiger partial charge >= 0.3 is 0 Å². The van der Waals surface area contributed by atoms with Gasteiger partial charge in [-0.2, -0.15) is 0 Å². The van der Waals surface area contributed by atoms with Gasteiger partial charge in [-0.15, -0.1) is 11.8 Å². The van der Waals surface area contributed by atoms with E-state index in [2.05, 4.69) is 5.32 Å². The van der Waals surface area contributed by atoms with Crippen molar-refractivity contribution in [1.82, 2.24) is 9.80 Å². The molecule has 2 fully saturated rings. The Labute approximate surface area is 174 Å². The first-order chi connectivity index (χ1) is 14.1. The van der Waals surface area contributed by atoms with Crippen LogP contribution in [0.1, 0.15) is 28.8 Å². The number of likely N-dealkylation sites (tertiary alicyclic amines) is 1. The molecule has 2 aliphatic heterocycles. The summed E-state index contributed by atoms with van der Waals surface area (Å²) in [5.41, 5.74) is 2.25. The molecule has 4 rings (SSSR count). The van der Waals surface area contributed by atoms with Gasteiger partial charge in [0.05, 0.1) is 5.88 Å². The summed E-state index contributed by atoms with van der Waals surface area (Å²) >= 11 is 1.58. The Morgan fingerprint density at radius 1 is 1.10 bits per heavy atom. The Morgan fingerprint density at radius 3 is 2.69 bits per heavy atom. The van der Waals surface area contributed by atoms with Crippen molar-refractivity contribution in [1.29, 1.82) is 0 Å². The van der Waals surface area contributed by atoms with Crippen LogP contribution in [0.4, 0.5) is 5.69 Å². The maximum Gasteiger partial charge on any atom is 0.255 e. The van der Waals surface area contributed by atoms with Gasteiger partial charge in [0.2, 0.25) is 11.8 Å². The monoisotopic (exact) mass is 409 g/mol. The van der Waals surface area contributed by atoms with E-state index in [1.165, 1.54) is 0 Å². The summed E-state index contributed by atoms with van der Waals surface area (Å²) in [6.45, 7) is 1.34. The first-order valence-electron chi connectivity index (χ1n) is 9.73. The number of rotatable bonds is 5. The zero-order valence-electron chi connectivity index (χ0n) is 16.0. The van der Waals surface area contributed by atoms with E-state index in [4.69, 9.17) is 0 Å². The summed E-state index contributed by atoms with van der Waals surface area (Å²) < 4.78 is 0. The average Bonchev–Trinajstić information content (AvgIpc) is 3.38. The third kappa shape index (κ3) is 4.45. The number of nitrogens with zero attached hydrogens (tertiary/aromatic N) is 2. The number of carbonyl (C=O) groups is 3. The highest BCUT2D eigenvalue weighted by Gasteiger charge is 2.35. The number of hydrogen-bond acceptors (Lipinski definition) is 4. The number of anilines is 1. The van der Waals surface area contributed by atoms with Crippen LogP contribution < -0.4 is 5.32 Å². The van der Waals surface area contributed by atoms with Gasteiger partial charge in [0.25, 0.3) is 5.91 Å². The standard InChI is InChI=1S/C22H23N3O3S/c26-20-10-5-11-24(20)13-16-6-4-9-18(12-16)23-21(27)19-14-29-15-25(19)22(28)17-7-2-1-3-8-17/h1-4,6-9,12,19H,5,10-11,13-15H2,(H,23,27).